The predicted molar refractivity (Wildman–Crippen MR) is 36.3 cm³/mol. The van der Waals surface area contributed by atoms with Gasteiger partial charge in [-0.2, -0.15) is 5.10 Å². The van der Waals surface area contributed by atoms with Crippen LogP contribution in [0.2, 0.25) is 0 Å². The number of nitrogens with zero attached hydrogens (tertiary/aromatic N) is 1. The van der Waals surface area contributed by atoms with E-state index in [2.05, 4.69) is 16.5 Å². The van der Waals surface area contributed by atoms with Crippen molar-refractivity contribution in [3.05, 3.63) is 18.0 Å². The lowest BCUT2D eigenvalue weighted by Crippen LogP contribution is -1.73. The van der Waals surface area contributed by atoms with Gasteiger partial charge in [0.1, 0.15) is 0 Å². The molecule has 0 fully saturated rings. The predicted octanol–water partition coefficient (Wildman–Crippen LogP) is 1.29. The molecule has 1 rings (SSSR count). The van der Waals surface area contributed by atoms with Crippen molar-refractivity contribution < 1.29 is 0 Å². The molecule has 0 atom stereocenters. The summed E-state index contributed by atoms with van der Waals surface area (Å²) in [5.41, 5.74) is 1.15. The molecule has 0 aliphatic rings. The van der Waals surface area contributed by atoms with E-state index in [1.165, 1.54) is 0 Å². The molecule has 42 valence electrons. The largest absolute Gasteiger partial charge is 0.282 e. The van der Waals surface area contributed by atoms with Crippen LogP contribution in [0, 0.1) is 0 Å². The topological polar surface area (TPSA) is 28.7 Å². The van der Waals surface area contributed by atoms with Crippen molar-refractivity contribution in [3.63, 3.8) is 0 Å². The normalized spacial score (nSPS) is 10.0. The standard InChI is InChI=1S/C5H7N2P/c1-8-4-5-2-3-6-7-5/h2-3H,1,4H2,(H,6,7). The third-order valence-electron chi connectivity index (χ3n) is 0.841. The van der Waals surface area contributed by atoms with Crippen LogP contribution in [0.25, 0.3) is 0 Å². The Bertz CT molecular complexity index is 157. The van der Waals surface area contributed by atoms with Crippen LogP contribution in [-0.4, -0.2) is 16.5 Å². The average molecular weight is 126 g/mol. The fraction of sp³-hybridized carbons (Fsp3) is 0.200. The number of aromatic amines is 1. The van der Waals surface area contributed by atoms with Gasteiger partial charge < -0.3 is 0 Å². The Kier molecular flexibility index (Phi) is 1.81. The summed E-state index contributed by atoms with van der Waals surface area (Å²) >= 11 is 0. The van der Waals surface area contributed by atoms with E-state index in [9.17, 15) is 0 Å². The zero-order chi connectivity index (χ0) is 5.82. The van der Waals surface area contributed by atoms with Gasteiger partial charge in [-0.1, -0.05) is 6.30 Å². The molecule has 0 spiro atoms. The Hall–Kier alpha value is -0.620. The molecule has 3 heteroatoms. The molecule has 0 radical (unpaired) electrons. The number of hydrogen-bond donors (Lipinski definition) is 1. The summed E-state index contributed by atoms with van der Waals surface area (Å²) in [6.45, 7) is 0. The molecule has 1 aromatic heterocycles. The van der Waals surface area contributed by atoms with Crippen LogP contribution in [0.15, 0.2) is 12.3 Å². The average Bonchev–Trinajstić information content (AvgIpc) is 2.19. The quantitative estimate of drug-likeness (QED) is 0.594. The van der Waals surface area contributed by atoms with Crippen LogP contribution in [-0.2, 0) is 6.16 Å². The zero-order valence-electron chi connectivity index (χ0n) is 4.46. The summed E-state index contributed by atoms with van der Waals surface area (Å²) in [6, 6.07) is 1.96. The fourth-order valence-electron chi connectivity index (χ4n) is 0.493. The molecule has 0 saturated heterocycles. The Balaban J connectivity index is 2.62. The second kappa shape index (κ2) is 2.63. The Labute approximate surface area is 49.7 Å². The molecule has 1 heterocycles. The maximum absolute atomic E-state index is 3.78. The maximum Gasteiger partial charge on any atom is 0.0490 e. The molecule has 1 aromatic rings. The molecule has 8 heavy (non-hydrogen) atoms. The van der Waals surface area contributed by atoms with E-state index in [0.717, 1.165) is 20.1 Å². The summed E-state index contributed by atoms with van der Waals surface area (Å²) in [5, 5.41) is 6.62. The number of nitrogens with one attached hydrogen (secondary N) is 1. The Morgan fingerprint density at radius 2 is 2.75 bits per heavy atom. The van der Waals surface area contributed by atoms with Crippen molar-refractivity contribution in [1.29, 1.82) is 0 Å². The highest BCUT2D eigenvalue weighted by Crippen LogP contribution is 2.02. The smallest absolute Gasteiger partial charge is 0.0490 e. The molecule has 1 N–H and O–H groups in total. The van der Waals surface area contributed by atoms with Crippen LogP contribution < -0.4 is 0 Å². The van der Waals surface area contributed by atoms with Crippen LogP contribution >= 0.6 is 8.20 Å². The van der Waals surface area contributed by atoms with E-state index >= 15 is 0 Å². The van der Waals surface area contributed by atoms with Gasteiger partial charge in [0.25, 0.3) is 0 Å². The second-order valence-corrected chi connectivity index (χ2v) is 2.23. The highest BCUT2D eigenvalue weighted by molar-refractivity contribution is 7.35. The lowest BCUT2D eigenvalue weighted by atomic mass is 10.5. The van der Waals surface area contributed by atoms with Gasteiger partial charge in [0.15, 0.2) is 0 Å². The molecular weight excluding hydrogens is 119 g/mol. The second-order valence-electron chi connectivity index (χ2n) is 1.46. The molecule has 0 unspecified atom stereocenters. The van der Waals surface area contributed by atoms with Gasteiger partial charge in [0.05, 0.1) is 0 Å². The van der Waals surface area contributed by atoms with E-state index in [-0.39, 0.29) is 0 Å². The molecular formula is C5H7N2P. The summed E-state index contributed by atoms with van der Waals surface area (Å²) < 4.78 is 0. The van der Waals surface area contributed by atoms with Crippen LogP contribution in [0.1, 0.15) is 5.69 Å². The fourth-order valence-corrected chi connectivity index (χ4v) is 0.910. The maximum atomic E-state index is 3.78. The minimum Gasteiger partial charge on any atom is -0.282 e. The molecule has 2 nitrogen and oxygen atoms in total. The molecule has 0 aromatic carbocycles. The molecule has 0 saturated carbocycles. The van der Waals surface area contributed by atoms with Crippen molar-refractivity contribution in [1.82, 2.24) is 10.2 Å². The monoisotopic (exact) mass is 126 g/mol. The molecule has 0 aliphatic carbocycles. The first-order valence-corrected chi connectivity index (χ1v) is 3.60. The zero-order valence-corrected chi connectivity index (χ0v) is 5.36. The van der Waals surface area contributed by atoms with Gasteiger partial charge in [-0.25, -0.2) is 0 Å². The third-order valence-corrected chi connectivity index (χ3v) is 1.40. The number of rotatable bonds is 2. The van der Waals surface area contributed by atoms with Crippen LogP contribution in [0.5, 0.6) is 0 Å². The summed E-state index contributed by atoms with van der Waals surface area (Å²) in [4.78, 5) is 0. The molecule has 0 aliphatic heterocycles. The van der Waals surface area contributed by atoms with E-state index in [1.807, 2.05) is 6.07 Å². The summed E-state index contributed by atoms with van der Waals surface area (Å²) in [7, 11) is 1.13. The third kappa shape index (κ3) is 1.17. The molecule has 0 amide bonds. The minimum absolute atomic E-state index is 0.972. The van der Waals surface area contributed by atoms with Crippen molar-refractivity contribution in [2.45, 2.75) is 6.16 Å². The lowest BCUT2D eigenvalue weighted by molar-refractivity contribution is 1.04. The first-order chi connectivity index (χ1) is 3.93. The summed E-state index contributed by atoms with van der Waals surface area (Å²) in [6.07, 6.45) is 6.41. The lowest BCUT2D eigenvalue weighted by Gasteiger charge is -1.81. The number of aromatic nitrogens is 2. The molecule has 0 bridgehead atoms. The van der Waals surface area contributed by atoms with Gasteiger partial charge in [-0.3, -0.25) is 5.10 Å². The van der Waals surface area contributed by atoms with E-state index < -0.39 is 0 Å². The van der Waals surface area contributed by atoms with Crippen molar-refractivity contribution in [2.24, 2.45) is 0 Å². The van der Waals surface area contributed by atoms with Crippen LogP contribution in [0.4, 0.5) is 0 Å². The first-order valence-electron chi connectivity index (χ1n) is 2.34. The van der Waals surface area contributed by atoms with Gasteiger partial charge >= 0.3 is 0 Å². The van der Waals surface area contributed by atoms with Crippen LogP contribution in [0.3, 0.4) is 0 Å². The number of hydrogen-bond acceptors (Lipinski definition) is 1. The van der Waals surface area contributed by atoms with Crippen molar-refractivity contribution in [2.75, 3.05) is 0 Å². The Morgan fingerprint density at radius 3 is 3.25 bits per heavy atom. The first kappa shape index (κ1) is 5.52. The summed E-state index contributed by atoms with van der Waals surface area (Å²) in [5.74, 6) is 0. The van der Waals surface area contributed by atoms with Gasteiger partial charge in [0.2, 0.25) is 0 Å². The Morgan fingerprint density at radius 1 is 1.88 bits per heavy atom. The highest BCUT2D eigenvalue weighted by atomic mass is 31.1. The van der Waals surface area contributed by atoms with E-state index in [4.69, 9.17) is 0 Å². The van der Waals surface area contributed by atoms with E-state index in [1.54, 1.807) is 6.20 Å². The SMILES string of the molecule is C=PCc1ccn[nH]1. The highest BCUT2D eigenvalue weighted by Gasteiger charge is 1.85. The van der Waals surface area contributed by atoms with Crippen molar-refractivity contribution in [3.8, 4) is 0 Å². The van der Waals surface area contributed by atoms with Crippen molar-refractivity contribution >= 4 is 14.5 Å². The minimum atomic E-state index is 0.972. The number of H-pyrrole nitrogens is 1. The van der Waals surface area contributed by atoms with Gasteiger partial charge in [-0.15, -0.1) is 8.20 Å². The van der Waals surface area contributed by atoms with E-state index in [0.29, 0.717) is 0 Å². The van der Waals surface area contributed by atoms with Gasteiger partial charge in [-0.05, 0) is 6.07 Å². The van der Waals surface area contributed by atoms with Gasteiger partial charge in [0, 0.05) is 18.1 Å².